The van der Waals surface area contributed by atoms with Crippen LogP contribution in [0, 0.1) is 0 Å². The summed E-state index contributed by atoms with van der Waals surface area (Å²) in [4.78, 5) is 9.00. The molecule has 0 spiro atoms. The van der Waals surface area contributed by atoms with Crippen LogP contribution in [0.5, 0.6) is 5.75 Å². The van der Waals surface area contributed by atoms with Crippen LogP contribution in [-0.4, -0.2) is 33.4 Å². The van der Waals surface area contributed by atoms with E-state index < -0.39 is 0 Å². The van der Waals surface area contributed by atoms with E-state index >= 15 is 0 Å². The van der Waals surface area contributed by atoms with Gasteiger partial charge in [-0.25, -0.2) is 0 Å². The maximum Gasteiger partial charge on any atom is 0.226 e. The third-order valence-corrected chi connectivity index (χ3v) is 3.26. The van der Waals surface area contributed by atoms with Gasteiger partial charge in [-0.05, 0) is 19.1 Å². The molecule has 0 atom stereocenters. The summed E-state index contributed by atoms with van der Waals surface area (Å²) in [5.41, 5.74) is 1.67. The van der Waals surface area contributed by atoms with Crippen molar-refractivity contribution in [2.24, 2.45) is 7.05 Å². The zero-order valence-corrected chi connectivity index (χ0v) is 12.8. The van der Waals surface area contributed by atoms with E-state index in [1.807, 2.05) is 38.2 Å². The molecule has 7 heteroatoms. The first-order valence-corrected chi connectivity index (χ1v) is 7.06. The average molecular weight is 298 g/mol. The molecule has 0 unspecified atom stereocenters. The molecule has 0 saturated carbocycles. The molecule has 0 aliphatic carbocycles. The van der Waals surface area contributed by atoms with Gasteiger partial charge in [-0.1, -0.05) is 6.07 Å². The Morgan fingerprint density at radius 2 is 2.14 bits per heavy atom. The molecule has 2 N–H and O–H groups in total. The fourth-order valence-electron chi connectivity index (χ4n) is 2.19. The van der Waals surface area contributed by atoms with Crippen LogP contribution in [-0.2, 0) is 7.05 Å². The van der Waals surface area contributed by atoms with E-state index in [2.05, 4.69) is 25.7 Å². The number of benzene rings is 1. The van der Waals surface area contributed by atoms with Gasteiger partial charge in [0.1, 0.15) is 11.6 Å². The van der Waals surface area contributed by atoms with Crippen molar-refractivity contribution >= 4 is 28.5 Å². The summed E-state index contributed by atoms with van der Waals surface area (Å²) in [6.45, 7) is 2.76. The molecule has 0 bridgehead atoms. The van der Waals surface area contributed by atoms with Gasteiger partial charge in [0.05, 0.1) is 18.7 Å². The lowest BCUT2D eigenvalue weighted by molar-refractivity contribution is 0.415. The standard InChI is InChI=1S/C15H18N6O/c1-4-16-15-19-13(12-9-17-21(2)14(12)20-15)18-10-6-5-7-11(8-10)22-3/h5-9H,4H2,1-3H3,(H2,16,18,19,20). The minimum atomic E-state index is 0.573. The van der Waals surface area contributed by atoms with Gasteiger partial charge in [0.2, 0.25) is 5.95 Å². The Morgan fingerprint density at radius 1 is 1.27 bits per heavy atom. The fraction of sp³-hybridized carbons (Fsp3) is 0.267. The van der Waals surface area contributed by atoms with Crippen molar-refractivity contribution in [1.29, 1.82) is 0 Å². The van der Waals surface area contributed by atoms with Gasteiger partial charge in [0, 0.05) is 25.3 Å². The van der Waals surface area contributed by atoms with Crippen LogP contribution in [0.25, 0.3) is 11.0 Å². The molecule has 114 valence electrons. The zero-order chi connectivity index (χ0) is 15.5. The van der Waals surface area contributed by atoms with Crippen LogP contribution in [0.1, 0.15) is 6.92 Å². The molecule has 0 radical (unpaired) electrons. The lowest BCUT2D eigenvalue weighted by Gasteiger charge is -2.10. The molecular weight excluding hydrogens is 280 g/mol. The monoisotopic (exact) mass is 298 g/mol. The first-order chi connectivity index (χ1) is 10.7. The van der Waals surface area contributed by atoms with Crippen molar-refractivity contribution in [2.75, 3.05) is 24.3 Å². The molecule has 1 aromatic carbocycles. The van der Waals surface area contributed by atoms with E-state index in [1.165, 1.54) is 0 Å². The molecule has 2 heterocycles. The largest absolute Gasteiger partial charge is 0.497 e. The van der Waals surface area contributed by atoms with Crippen molar-refractivity contribution in [3.8, 4) is 5.75 Å². The first kappa shape index (κ1) is 14.1. The van der Waals surface area contributed by atoms with Gasteiger partial charge in [-0.2, -0.15) is 15.1 Å². The maximum atomic E-state index is 5.24. The Balaban J connectivity index is 2.04. The fourth-order valence-corrected chi connectivity index (χ4v) is 2.19. The third kappa shape index (κ3) is 2.65. The van der Waals surface area contributed by atoms with Crippen LogP contribution in [0.15, 0.2) is 30.5 Å². The molecule has 0 aliphatic rings. The van der Waals surface area contributed by atoms with E-state index in [0.717, 1.165) is 29.0 Å². The molecule has 3 aromatic rings. The molecule has 0 fully saturated rings. The summed E-state index contributed by atoms with van der Waals surface area (Å²) >= 11 is 0. The van der Waals surface area contributed by atoms with E-state index in [1.54, 1.807) is 18.0 Å². The molecule has 0 aliphatic heterocycles. The predicted molar refractivity (Wildman–Crippen MR) is 86.7 cm³/mol. The molecule has 0 saturated heterocycles. The van der Waals surface area contributed by atoms with Crippen LogP contribution in [0.2, 0.25) is 0 Å². The molecule has 3 rings (SSSR count). The Morgan fingerprint density at radius 3 is 2.91 bits per heavy atom. The van der Waals surface area contributed by atoms with Crippen LogP contribution in [0.3, 0.4) is 0 Å². The maximum absolute atomic E-state index is 5.24. The lowest BCUT2D eigenvalue weighted by atomic mass is 10.3. The quantitative estimate of drug-likeness (QED) is 0.754. The topological polar surface area (TPSA) is 76.9 Å². The molecule has 2 aromatic heterocycles. The van der Waals surface area contributed by atoms with Crippen LogP contribution >= 0.6 is 0 Å². The molecule has 7 nitrogen and oxygen atoms in total. The smallest absolute Gasteiger partial charge is 0.226 e. The summed E-state index contributed by atoms with van der Waals surface area (Å²) in [6, 6.07) is 7.69. The highest BCUT2D eigenvalue weighted by molar-refractivity contribution is 5.89. The number of anilines is 3. The van der Waals surface area contributed by atoms with Gasteiger partial charge in [-0.15, -0.1) is 0 Å². The molecule has 0 amide bonds. The number of hydrogen-bond acceptors (Lipinski definition) is 6. The minimum absolute atomic E-state index is 0.573. The second-order valence-electron chi connectivity index (χ2n) is 4.79. The number of aromatic nitrogens is 4. The third-order valence-electron chi connectivity index (χ3n) is 3.26. The Kier molecular flexibility index (Phi) is 3.78. The SMILES string of the molecule is CCNc1nc(Nc2cccc(OC)c2)c2cnn(C)c2n1. The second-order valence-corrected chi connectivity index (χ2v) is 4.79. The summed E-state index contributed by atoms with van der Waals surface area (Å²) in [5.74, 6) is 2.07. The molecule has 22 heavy (non-hydrogen) atoms. The number of rotatable bonds is 5. The summed E-state index contributed by atoms with van der Waals surface area (Å²) in [5, 5.41) is 11.6. The highest BCUT2D eigenvalue weighted by atomic mass is 16.5. The van der Waals surface area contributed by atoms with Crippen LogP contribution in [0.4, 0.5) is 17.5 Å². The Labute approximate surface area is 128 Å². The Hall–Kier alpha value is -2.83. The van der Waals surface area contributed by atoms with Crippen LogP contribution < -0.4 is 15.4 Å². The van der Waals surface area contributed by atoms with Gasteiger partial charge in [-0.3, -0.25) is 4.68 Å². The van der Waals surface area contributed by atoms with Gasteiger partial charge in [0.15, 0.2) is 5.65 Å². The predicted octanol–water partition coefficient (Wildman–Crippen LogP) is 2.55. The number of ether oxygens (including phenoxy) is 1. The van der Waals surface area contributed by atoms with E-state index in [-0.39, 0.29) is 0 Å². The second kappa shape index (κ2) is 5.88. The number of hydrogen-bond donors (Lipinski definition) is 2. The first-order valence-electron chi connectivity index (χ1n) is 7.06. The van der Waals surface area contributed by atoms with Gasteiger partial charge < -0.3 is 15.4 Å². The minimum Gasteiger partial charge on any atom is -0.497 e. The number of aryl methyl sites for hydroxylation is 1. The van der Waals surface area contributed by atoms with Crippen molar-refractivity contribution in [2.45, 2.75) is 6.92 Å². The highest BCUT2D eigenvalue weighted by Gasteiger charge is 2.11. The zero-order valence-electron chi connectivity index (χ0n) is 12.8. The number of fused-ring (bicyclic) bond motifs is 1. The summed E-state index contributed by atoms with van der Waals surface area (Å²) in [6.07, 6.45) is 1.76. The summed E-state index contributed by atoms with van der Waals surface area (Å²) in [7, 11) is 3.51. The van der Waals surface area contributed by atoms with Crippen molar-refractivity contribution in [3.63, 3.8) is 0 Å². The number of nitrogens with one attached hydrogen (secondary N) is 2. The summed E-state index contributed by atoms with van der Waals surface area (Å²) < 4.78 is 6.98. The van der Waals surface area contributed by atoms with E-state index in [9.17, 15) is 0 Å². The van der Waals surface area contributed by atoms with Crippen molar-refractivity contribution in [3.05, 3.63) is 30.5 Å². The van der Waals surface area contributed by atoms with Gasteiger partial charge >= 0.3 is 0 Å². The Bertz CT molecular complexity index is 798. The van der Waals surface area contributed by atoms with E-state index in [4.69, 9.17) is 4.74 Å². The lowest BCUT2D eigenvalue weighted by Crippen LogP contribution is -2.06. The number of nitrogens with zero attached hydrogens (tertiary/aromatic N) is 4. The highest BCUT2D eigenvalue weighted by Crippen LogP contribution is 2.26. The normalized spacial score (nSPS) is 10.7. The van der Waals surface area contributed by atoms with Crippen molar-refractivity contribution in [1.82, 2.24) is 19.7 Å². The van der Waals surface area contributed by atoms with E-state index in [0.29, 0.717) is 11.8 Å². The average Bonchev–Trinajstić information content (AvgIpc) is 2.90. The molecular formula is C15H18N6O. The number of methoxy groups -OCH3 is 1. The van der Waals surface area contributed by atoms with Gasteiger partial charge in [0.25, 0.3) is 0 Å². The van der Waals surface area contributed by atoms with Crippen molar-refractivity contribution < 1.29 is 4.74 Å².